The SMILES string of the molecule is c1ccc(-c2c3ccc(-c4ccc(-c5c(-c6ccccn6)nc6ccccn56)cc4)cc3nc3c2ccc2ccccc23)cc1. The molecule has 0 fully saturated rings. The van der Waals surface area contributed by atoms with Gasteiger partial charge in [0.25, 0.3) is 0 Å². The van der Waals surface area contributed by atoms with Crippen LogP contribution in [0.5, 0.6) is 0 Å². The molecule has 9 aromatic rings. The van der Waals surface area contributed by atoms with Crippen molar-refractivity contribution in [1.82, 2.24) is 19.4 Å². The van der Waals surface area contributed by atoms with E-state index >= 15 is 0 Å². The van der Waals surface area contributed by atoms with Crippen molar-refractivity contribution in [3.63, 3.8) is 0 Å². The second-order valence-electron chi connectivity index (χ2n) is 11.3. The van der Waals surface area contributed by atoms with E-state index in [2.05, 4.69) is 125 Å². The standard InChI is InChI=1S/C41H26N4/c1-2-11-29(12-3-1)38-33-22-21-31(26-36(33)43-39-32-13-5-4-10-28(32)20-23-34(38)39)27-16-18-30(19-17-27)41-40(35-14-6-8-24-42-35)44-37-15-7-9-25-45(37)41/h1-26H. The molecular formula is C41H26N4. The quantitative estimate of drug-likeness (QED) is 0.155. The molecule has 0 saturated carbocycles. The first-order valence-corrected chi connectivity index (χ1v) is 15.1. The molecule has 0 aliphatic heterocycles. The Morgan fingerprint density at radius 2 is 1.24 bits per heavy atom. The fraction of sp³-hybridized carbons (Fsp3) is 0. The first-order chi connectivity index (χ1) is 22.3. The highest BCUT2D eigenvalue weighted by Gasteiger charge is 2.18. The molecule has 210 valence electrons. The molecule has 0 aliphatic rings. The van der Waals surface area contributed by atoms with Crippen LogP contribution in [-0.2, 0) is 0 Å². The average molecular weight is 575 g/mol. The molecule has 0 saturated heterocycles. The van der Waals surface area contributed by atoms with Crippen LogP contribution >= 0.6 is 0 Å². The maximum Gasteiger partial charge on any atom is 0.138 e. The summed E-state index contributed by atoms with van der Waals surface area (Å²) in [6, 6.07) is 51.0. The smallest absolute Gasteiger partial charge is 0.138 e. The van der Waals surface area contributed by atoms with Crippen molar-refractivity contribution in [3.8, 4) is 44.9 Å². The summed E-state index contributed by atoms with van der Waals surface area (Å²) in [6.45, 7) is 0. The molecule has 4 heteroatoms. The molecular weight excluding hydrogens is 548 g/mol. The zero-order chi connectivity index (χ0) is 29.7. The van der Waals surface area contributed by atoms with E-state index in [4.69, 9.17) is 9.97 Å². The van der Waals surface area contributed by atoms with Crippen LogP contribution in [0, 0.1) is 0 Å². The maximum absolute atomic E-state index is 5.30. The third-order valence-electron chi connectivity index (χ3n) is 8.66. The third-order valence-corrected chi connectivity index (χ3v) is 8.66. The van der Waals surface area contributed by atoms with Crippen molar-refractivity contribution in [3.05, 3.63) is 158 Å². The molecule has 0 unspecified atom stereocenters. The predicted octanol–water partition coefficient (Wildman–Crippen LogP) is 10.3. The lowest BCUT2D eigenvalue weighted by Crippen LogP contribution is -1.92. The van der Waals surface area contributed by atoms with Gasteiger partial charge in [-0.1, -0.05) is 115 Å². The van der Waals surface area contributed by atoms with Gasteiger partial charge in [-0.3, -0.25) is 9.38 Å². The van der Waals surface area contributed by atoms with Gasteiger partial charge in [-0.2, -0.15) is 0 Å². The number of rotatable bonds is 4. The highest BCUT2D eigenvalue weighted by Crippen LogP contribution is 2.39. The minimum absolute atomic E-state index is 0.856. The number of aromatic nitrogens is 4. The Bertz CT molecular complexity index is 2520. The Balaban J connectivity index is 1.21. The average Bonchev–Trinajstić information content (AvgIpc) is 3.51. The molecule has 5 aromatic carbocycles. The van der Waals surface area contributed by atoms with Crippen molar-refractivity contribution in [2.75, 3.05) is 0 Å². The van der Waals surface area contributed by atoms with Gasteiger partial charge in [0.2, 0.25) is 0 Å². The lowest BCUT2D eigenvalue weighted by Gasteiger charge is -2.14. The largest absolute Gasteiger partial charge is 0.299 e. The van der Waals surface area contributed by atoms with Crippen molar-refractivity contribution in [1.29, 1.82) is 0 Å². The van der Waals surface area contributed by atoms with Crippen LogP contribution in [0.1, 0.15) is 0 Å². The van der Waals surface area contributed by atoms with E-state index in [0.29, 0.717) is 0 Å². The van der Waals surface area contributed by atoms with Gasteiger partial charge in [-0.05, 0) is 52.4 Å². The maximum atomic E-state index is 5.30. The molecule has 9 rings (SSSR count). The van der Waals surface area contributed by atoms with Gasteiger partial charge in [0.1, 0.15) is 11.3 Å². The van der Waals surface area contributed by atoms with Gasteiger partial charge in [0.05, 0.1) is 22.4 Å². The second-order valence-corrected chi connectivity index (χ2v) is 11.3. The third kappa shape index (κ3) is 4.19. The highest BCUT2D eigenvalue weighted by atomic mass is 15.0. The molecule has 4 heterocycles. The van der Waals surface area contributed by atoms with E-state index in [-0.39, 0.29) is 0 Å². The van der Waals surface area contributed by atoms with Gasteiger partial charge in [0.15, 0.2) is 0 Å². The number of fused-ring (bicyclic) bond motifs is 5. The summed E-state index contributed by atoms with van der Waals surface area (Å²) in [5.41, 5.74) is 11.4. The number of imidazole rings is 1. The highest BCUT2D eigenvalue weighted by molar-refractivity contribution is 6.17. The molecule has 0 amide bonds. The Hall–Kier alpha value is -6.13. The van der Waals surface area contributed by atoms with Gasteiger partial charge in [0, 0.05) is 39.7 Å². The second kappa shape index (κ2) is 10.2. The predicted molar refractivity (Wildman–Crippen MR) is 185 cm³/mol. The van der Waals surface area contributed by atoms with Gasteiger partial charge < -0.3 is 0 Å². The number of pyridine rings is 3. The van der Waals surface area contributed by atoms with Crippen LogP contribution in [0.3, 0.4) is 0 Å². The molecule has 0 radical (unpaired) electrons. The summed E-state index contributed by atoms with van der Waals surface area (Å²) in [5, 5.41) is 4.68. The fourth-order valence-electron chi connectivity index (χ4n) is 6.55. The van der Waals surface area contributed by atoms with Crippen LogP contribution in [0.25, 0.3) is 83.1 Å². The van der Waals surface area contributed by atoms with E-state index in [9.17, 15) is 0 Å². The lowest BCUT2D eigenvalue weighted by molar-refractivity contribution is 1.19. The van der Waals surface area contributed by atoms with E-state index in [0.717, 1.165) is 55.8 Å². The van der Waals surface area contributed by atoms with Gasteiger partial charge in [-0.25, -0.2) is 9.97 Å². The summed E-state index contributed by atoms with van der Waals surface area (Å²) >= 11 is 0. The topological polar surface area (TPSA) is 43.1 Å². The number of hydrogen-bond donors (Lipinski definition) is 0. The zero-order valence-electron chi connectivity index (χ0n) is 24.3. The van der Waals surface area contributed by atoms with Crippen LogP contribution in [0.4, 0.5) is 0 Å². The summed E-state index contributed by atoms with van der Waals surface area (Å²) in [5.74, 6) is 0. The van der Waals surface area contributed by atoms with Crippen LogP contribution in [-0.4, -0.2) is 19.4 Å². The molecule has 0 aliphatic carbocycles. The van der Waals surface area contributed by atoms with Gasteiger partial charge >= 0.3 is 0 Å². The normalized spacial score (nSPS) is 11.6. The Morgan fingerprint density at radius 3 is 2.11 bits per heavy atom. The lowest BCUT2D eigenvalue weighted by atomic mass is 9.92. The summed E-state index contributed by atoms with van der Waals surface area (Å²) < 4.78 is 2.14. The van der Waals surface area contributed by atoms with Crippen molar-refractivity contribution < 1.29 is 0 Å². The molecule has 0 atom stereocenters. The summed E-state index contributed by atoms with van der Waals surface area (Å²) in [7, 11) is 0. The number of nitrogens with zero attached hydrogens (tertiary/aromatic N) is 4. The van der Waals surface area contributed by atoms with Crippen molar-refractivity contribution >= 4 is 38.2 Å². The minimum atomic E-state index is 0.856. The van der Waals surface area contributed by atoms with E-state index in [1.54, 1.807) is 0 Å². The van der Waals surface area contributed by atoms with Crippen molar-refractivity contribution in [2.45, 2.75) is 0 Å². The van der Waals surface area contributed by atoms with Gasteiger partial charge in [-0.15, -0.1) is 0 Å². The number of hydrogen-bond acceptors (Lipinski definition) is 3. The molecule has 0 spiro atoms. The molecule has 0 bridgehead atoms. The van der Waals surface area contributed by atoms with Crippen molar-refractivity contribution in [2.24, 2.45) is 0 Å². The Morgan fingerprint density at radius 1 is 0.489 bits per heavy atom. The molecule has 4 nitrogen and oxygen atoms in total. The molecule has 0 N–H and O–H groups in total. The van der Waals surface area contributed by atoms with E-state index in [1.807, 2.05) is 42.6 Å². The Kier molecular flexibility index (Phi) is 5.78. The fourth-order valence-corrected chi connectivity index (χ4v) is 6.55. The zero-order valence-corrected chi connectivity index (χ0v) is 24.3. The number of benzene rings is 5. The van der Waals surface area contributed by atoms with E-state index in [1.165, 1.54) is 27.3 Å². The monoisotopic (exact) mass is 574 g/mol. The van der Waals surface area contributed by atoms with Crippen LogP contribution in [0.2, 0.25) is 0 Å². The first-order valence-electron chi connectivity index (χ1n) is 15.1. The Labute approximate surface area is 259 Å². The van der Waals surface area contributed by atoms with E-state index < -0.39 is 0 Å². The minimum Gasteiger partial charge on any atom is -0.299 e. The summed E-state index contributed by atoms with van der Waals surface area (Å²) in [4.78, 5) is 14.9. The molecule has 4 aromatic heterocycles. The van der Waals surface area contributed by atoms with Crippen LogP contribution < -0.4 is 0 Å². The van der Waals surface area contributed by atoms with Crippen LogP contribution in [0.15, 0.2) is 158 Å². The first kappa shape index (κ1) is 25.4. The molecule has 45 heavy (non-hydrogen) atoms. The summed E-state index contributed by atoms with van der Waals surface area (Å²) in [6.07, 6.45) is 3.88.